The minimum atomic E-state index is -0.215. The zero-order chi connectivity index (χ0) is 15.4. The van der Waals surface area contributed by atoms with Gasteiger partial charge in [-0.3, -0.25) is 4.90 Å². The Morgan fingerprint density at radius 3 is 2.59 bits per heavy atom. The summed E-state index contributed by atoms with van der Waals surface area (Å²) in [6, 6.07) is 11.3. The lowest BCUT2D eigenvalue weighted by Crippen LogP contribution is -2.54. The van der Waals surface area contributed by atoms with Gasteiger partial charge in [0.2, 0.25) is 0 Å². The fourth-order valence-corrected chi connectivity index (χ4v) is 3.39. The van der Waals surface area contributed by atoms with E-state index in [1.807, 2.05) is 13.0 Å². The molecule has 2 atom stereocenters. The van der Waals surface area contributed by atoms with Crippen molar-refractivity contribution in [3.63, 3.8) is 0 Å². The normalized spacial score (nSPS) is 24.9. The van der Waals surface area contributed by atoms with Crippen LogP contribution in [0.4, 0.5) is 0 Å². The van der Waals surface area contributed by atoms with Gasteiger partial charge < -0.3 is 9.47 Å². The summed E-state index contributed by atoms with van der Waals surface area (Å²) in [5, 5.41) is 0. The van der Waals surface area contributed by atoms with E-state index in [0.29, 0.717) is 18.7 Å². The Labute approximate surface area is 131 Å². The van der Waals surface area contributed by atoms with E-state index in [4.69, 9.17) is 9.47 Å². The summed E-state index contributed by atoms with van der Waals surface area (Å²) in [4.78, 5) is 14.2. The molecule has 22 heavy (non-hydrogen) atoms. The summed E-state index contributed by atoms with van der Waals surface area (Å²) < 4.78 is 10.7. The second kappa shape index (κ2) is 7.07. The molecule has 118 valence electrons. The smallest absolute Gasteiger partial charge is 0.330 e. The molecular formula is C18H23NO3. The molecule has 2 heterocycles. The molecule has 4 heteroatoms. The van der Waals surface area contributed by atoms with Crippen molar-refractivity contribution in [2.75, 3.05) is 19.8 Å². The molecule has 1 aromatic rings. The number of carbonyl (C=O) groups excluding carboxylic acids is 1. The molecule has 0 aromatic heterocycles. The Morgan fingerprint density at radius 2 is 1.95 bits per heavy atom. The molecule has 2 aliphatic rings. The van der Waals surface area contributed by atoms with Gasteiger partial charge in [-0.15, -0.1) is 0 Å². The highest BCUT2D eigenvalue weighted by Gasteiger charge is 2.36. The molecule has 2 unspecified atom stereocenters. The van der Waals surface area contributed by atoms with Crippen molar-refractivity contribution < 1.29 is 14.3 Å². The summed E-state index contributed by atoms with van der Waals surface area (Å²) in [6.45, 7) is 4.69. The monoisotopic (exact) mass is 301 g/mol. The number of nitrogens with zero attached hydrogens (tertiary/aromatic N) is 1. The van der Waals surface area contributed by atoms with Crippen LogP contribution in [0, 0.1) is 0 Å². The molecule has 2 aliphatic heterocycles. The molecule has 0 spiro atoms. The molecule has 2 saturated heterocycles. The van der Waals surface area contributed by atoms with Crippen molar-refractivity contribution in [2.24, 2.45) is 0 Å². The third-order valence-corrected chi connectivity index (χ3v) is 4.37. The van der Waals surface area contributed by atoms with Crippen molar-refractivity contribution in [3.8, 4) is 0 Å². The van der Waals surface area contributed by atoms with Gasteiger partial charge in [0.15, 0.2) is 0 Å². The number of esters is 1. The van der Waals surface area contributed by atoms with Crippen LogP contribution in [-0.2, 0) is 20.8 Å². The van der Waals surface area contributed by atoms with Crippen LogP contribution in [0.1, 0.15) is 25.3 Å². The first kappa shape index (κ1) is 15.3. The summed E-state index contributed by atoms with van der Waals surface area (Å²) in [7, 11) is 0. The average Bonchev–Trinajstić information content (AvgIpc) is 2.49. The van der Waals surface area contributed by atoms with Crippen LogP contribution in [0.25, 0.3) is 0 Å². The zero-order valence-corrected chi connectivity index (χ0v) is 13.0. The van der Waals surface area contributed by atoms with E-state index in [0.717, 1.165) is 32.6 Å². The molecule has 2 fully saturated rings. The largest absolute Gasteiger partial charge is 0.463 e. The molecule has 0 saturated carbocycles. The fourth-order valence-electron chi connectivity index (χ4n) is 3.39. The molecule has 0 aliphatic carbocycles. The Bertz CT molecular complexity index is 525. The SMILES string of the molecule is CCOC(=O)C=C1CC2COCC(C1)N2Cc1ccccc1. The predicted molar refractivity (Wildman–Crippen MR) is 84.3 cm³/mol. The number of rotatable bonds is 4. The second-order valence-electron chi connectivity index (χ2n) is 5.97. The van der Waals surface area contributed by atoms with Crippen LogP contribution in [0.3, 0.4) is 0 Å². The van der Waals surface area contributed by atoms with Crippen LogP contribution >= 0.6 is 0 Å². The minimum absolute atomic E-state index is 0.215. The van der Waals surface area contributed by atoms with Crippen LogP contribution < -0.4 is 0 Å². The van der Waals surface area contributed by atoms with E-state index in [9.17, 15) is 4.79 Å². The van der Waals surface area contributed by atoms with Gasteiger partial charge in [-0.05, 0) is 25.3 Å². The molecule has 2 bridgehead atoms. The molecular weight excluding hydrogens is 278 g/mol. The van der Waals surface area contributed by atoms with Gasteiger partial charge in [0.1, 0.15) is 0 Å². The third-order valence-electron chi connectivity index (χ3n) is 4.37. The van der Waals surface area contributed by atoms with E-state index in [2.05, 4.69) is 29.2 Å². The summed E-state index contributed by atoms with van der Waals surface area (Å²) in [5.74, 6) is -0.215. The topological polar surface area (TPSA) is 38.8 Å². The average molecular weight is 301 g/mol. The van der Waals surface area contributed by atoms with E-state index in [1.165, 1.54) is 11.1 Å². The minimum Gasteiger partial charge on any atom is -0.463 e. The zero-order valence-electron chi connectivity index (χ0n) is 13.0. The maximum absolute atomic E-state index is 11.7. The van der Waals surface area contributed by atoms with E-state index >= 15 is 0 Å². The van der Waals surface area contributed by atoms with Crippen molar-refractivity contribution in [1.82, 2.24) is 4.90 Å². The Balaban J connectivity index is 1.70. The number of ether oxygens (including phenoxy) is 2. The van der Waals surface area contributed by atoms with Gasteiger partial charge in [0.05, 0.1) is 19.8 Å². The van der Waals surface area contributed by atoms with Crippen molar-refractivity contribution >= 4 is 5.97 Å². The van der Waals surface area contributed by atoms with Gasteiger partial charge in [-0.2, -0.15) is 0 Å². The molecule has 0 N–H and O–H groups in total. The Morgan fingerprint density at radius 1 is 1.27 bits per heavy atom. The summed E-state index contributed by atoms with van der Waals surface area (Å²) >= 11 is 0. The standard InChI is InChI=1S/C18H23NO3/c1-2-22-18(20)10-15-8-16-12-21-13-17(9-15)19(16)11-14-6-4-3-5-7-14/h3-7,10,16-17H,2,8-9,11-13H2,1H3. The van der Waals surface area contributed by atoms with Gasteiger partial charge in [-0.25, -0.2) is 4.79 Å². The third kappa shape index (κ3) is 3.57. The number of carbonyl (C=O) groups is 1. The first-order valence-electron chi connectivity index (χ1n) is 8.00. The van der Waals surface area contributed by atoms with Gasteiger partial charge in [0, 0.05) is 24.7 Å². The highest BCUT2D eigenvalue weighted by Crippen LogP contribution is 2.32. The van der Waals surface area contributed by atoms with Crippen molar-refractivity contribution in [1.29, 1.82) is 0 Å². The lowest BCUT2D eigenvalue weighted by atomic mass is 9.89. The summed E-state index contributed by atoms with van der Waals surface area (Å²) in [5.41, 5.74) is 2.53. The lowest BCUT2D eigenvalue weighted by molar-refractivity contribution is -0.137. The molecule has 3 rings (SSSR count). The summed E-state index contributed by atoms with van der Waals surface area (Å²) in [6.07, 6.45) is 3.47. The van der Waals surface area contributed by atoms with E-state index in [-0.39, 0.29) is 5.97 Å². The Kier molecular flexibility index (Phi) is 4.90. The van der Waals surface area contributed by atoms with Crippen molar-refractivity contribution in [2.45, 2.75) is 38.4 Å². The molecule has 0 radical (unpaired) electrons. The highest BCUT2D eigenvalue weighted by atomic mass is 16.5. The quantitative estimate of drug-likeness (QED) is 0.633. The van der Waals surface area contributed by atoms with Gasteiger partial charge in [0.25, 0.3) is 0 Å². The number of fused-ring (bicyclic) bond motifs is 2. The maximum Gasteiger partial charge on any atom is 0.330 e. The fraction of sp³-hybridized carbons (Fsp3) is 0.500. The van der Waals surface area contributed by atoms with Gasteiger partial charge >= 0.3 is 5.97 Å². The molecule has 0 amide bonds. The second-order valence-corrected chi connectivity index (χ2v) is 5.97. The number of hydrogen-bond acceptors (Lipinski definition) is 4. The van der Waals surface area contributed by atoms with Crippen LogP contribution in [0.2, 0.25) is 0 Å². The molecule has 1 aromatic carbocycles. The Hall–Kier alpha value is -1.65. The van der Waals surface area contributed by atoms with Crippen LogP contribution in [0.15, 0.2) is 42.0 Å². The maximum atomic E-state index is 11.7. The number of benzene rings is 1. The highest BCUT2D eigenvalue weighted by molar-refractivity contribution is 5.82. The first-order valence-corrected chi connectivity index (χ1v) is 8.00. The molecule has 4 nitrogen and oxygen atoms in total. The van der Waals surface area contributed by atoms with Gasteiger partial charge in [-0.1, -0.05) is 35.9 Å². The first-order chi connectivity index (χ1) is 10.8. The van der Waals surface area contributed by atoms with E-state index in [1.54, 1.807) is 6.08 Å². The number of hydrogen-bond donors (Lipinski definition) is 0. The number of piperidine rings is 1. The van der Waals surface area contributed by atoms with Crippen molar-refractivity contribution in [3.05, 3.63) is 47.5 Å². The predicted octanol–water partition coefficient (Wildman–Crippen LogP) is 2.54. The van der Waals surface area contributed by atoms with Crippen LogP contribution in [0.5, 0.6) is 0 Å². The van der Waals surface area contributed by atoms with E-state index < -0.39 is 0 Å². The number of morpholine rings is 1. The lowest BCUT2D eigenvalue weighted by Gasteiger charge is -2.46. The van der Waals surface area contributed by atoms with Crippen LogP contribution in [-0.4, -0.2) is 42.8 Å².